The van der Waals surface area contributed by atoms with E-state index >= 15 is 0 Å². The second kappa shape index (κ2) is 4.80. The molecule has 0 amide bonds. The molecule has 2 aromatic rings. The monoisotopic (exact) mass is 302 g/mol. The molecule has 0 radical (unpaired) electrons. The molecule has 0 bridgehead atoms. The zero-order valence-corrected chi connectivity index (χ0v) is 11.3. The number of fused-ring (bicyclic) bond motifs is 2. The van der Waals surface area contributed by atoms with Crippen molar-refractivity contribution in [2.24, 2.45) is 0 Å². The number of carbonyl (C=O) groups excluding carboxylic acids is 2. The Morgan fingerprint density at radius 1 is 0.952 bits per heavy atom. The van der Waals surface area contributed by atoms with Gasteiger partial charge in [-0.3, -0.25) is 9.59 Å². The van der Waals surface area contributed by atoms with Crippen molar-refractivity contribution in [3.8, 4) is 5.75 Å². The molecule has 0 aromatic heterocycles. The number of hydrogen-bond acceptors (Lipinski definition) is 6. The molecular weight excluding hydrogens is 294 g/mol. The molecule has 1 aliphatic carbocycles. The molecule has 2 N–H and O–H groups in total. The van der Waals surface area contributed by atoms with Crippen molar-refractivity contribution in [1.29, 1.82) is 0 Å². The Labute approximate surface area is 122 Å². The maximum atomic E-state index is 12.6. The van der Waals surface area contributed by atoms with E-state index in [1.807, 2.05) is 0 Å². The summed E-state index contributed by atoms with van der Waals surface area (Å²) in [6.45, 7) is 0. The van der Waals surface area contributed by atoms with Gasteiger partial charge < -0.3 is 14.5 Å². The van der Waals surface area contributed by atoms with Crippen LogP contribution in [0.15, 0.2) is 36.4 Å². The summed E-state index contributed by atoms with van der Waals surface area (Å²) in [5, 5.41) is 0. The fourth-order valence-electron chi connectivity index (χ4n) is 2.38. The largest absolute Gasteiger partial charge is 0.740 e. The van der Waals surface area contributed by atoms with Gasteiger partial charge in [0.25, 0.3) is 0 Å². The van der Waals surface area contributed by atoms with E-state index in [0.29, 0.717) is 0 Å². The van der Waals surface area contributed by atoms with Gasteiger partial charge in [0.05, 0.1) is 11.1 Å². The Morgan fingerprint density at radius 2 is 1.57 bits per heavy atom. The fourth-order valence-corrected chi connectivity index (χ4v) is 2.67. The van der Waals surface area contributed by atoms with E-state index in [-0.39, 0.29) is 33.7 Å². The lowest BCUT2D eigenvalue weighted by atomic mass is 9.83. The first kappa shape index (κ1) is 13.5. The van der Waals surface area contributed by atoms with Crippen LogP contribution in [0, 0.1) is 0 Å². The van der Waals surface area contributed by atoms with Gasteiger partial charge in [-0.1, -0.05) is 24.3 Å². The lowest BCUT2D eigenvalue weighted by Gasteiger charge is -2.21. The van der Waals surface area contributed by atoms with E-state index in [9.17, 15) is 18.4 Å². The van der Waals surface area contributed by atoms with E-state index in [4.69, 9.17) is 5.73 Å². The van der Waals surface area contributed by atoms with Gasteiger partial charge in [-0.25, -0.2) is 4.21 Å². The van der Waals surface area contributed by atoms with Gasteiger partial charge in [-0.05, 0) is 12.1 Å². The average molecular weight is 302 g/mol. The van der Waals surface area contributed by atoms with E-state index in [1.54, 1.807) is 6.07 Å². The molecule has 106 valence electrons. The maximum absolute atomic E-state index is 12.6. The third-order valence-electron chi connectivity index (χ3n) is 3.22. The molecule has 3 rings (SSSR count). The number of nitrogen functional groups attached to an aromatic ring is 1. The number of benzene rings is 2. The van der Waals surface area contributed by atoms with Gasteiger partial charge in [-0.2, -0.15) is 0 Å². The first-order chi connectivity index (χ1) is 10.0. The number of nitrogens with two attached hydrogens (primary N) is 1. The van der Waals surface area contributed by atoms with Crippen molar-refractivity contribution in [2.45, 2.75) is 0 Å². The molecular formula is C14H8NO5S-. The van der Waals surface area contributed by atoms with Crippen molar-refractivity contribution < 1.29 is 22.5 Å². The summed E-state index contributed by atoms with van der Waals surface area (Å²) in [6.07, 6.45) is 0. The second-order valence-electron chi connectivity index (χ2n) is 4.39. The molecule has 1 aliphatic rings. The van der Waals surface area contributed by atoms with Gasteiger partial charge in [-0.15, -0.1) is 0 Å². The maximum Gasteiger partial charge on any atom is 0.200 e. The van der Waals surface area contributed by atoms with Crippen molar-refractivity contribution in [1.82, 2.24) is 0 Å². The molecule has 0 saturated carbocycles. The average Bonchev–Trinajstić information content (AvgIpc) is 2.43. The number of carbonyl (C=O) groups is 2. The van der Waals surface area contributed by atoms with Crippen LogP contribution < -0.4 is 9.92 Å². The molecule has 1 atom stereocenters. The predicted molar refractivity (Wildman–Crippen MR) is 73.7 cm³/mol. The highest BCUT2D eigenvalue weighted by atomic mass is 32.2. The molecule has 21 heavy (non-hydrogen) atoms. The summed E-state index contributed by atoms with van der Waals surface area (Å²) < 4.78 is 26.0. The lowest BCUT2D eigenvalue weighted by Crippen LogP contribution is -2.23. The van der Waals surface area contributed by atoms with Crippen LogP contribution in [0.3, 0.4) is 0 Å². The quantitative estimate of drug-likeness (QED) is 0.563. The summed E-state index contributed by atoms with van der Waals surface area (Å²) in [5.74, 6) is -1.11. The number of ketones is 2. The summed E-state index contributed by atoms with van der Waals surface area (Å²) in [6, 6.07) is 8.80. The fraction of sp³-hybridized carbons (Fsp3) is 0. The Balaban J connectivity index is 2.29. The summed E-state index contributed by atoms with van der Waals surface area (Å²) >= 11 is -2.85. The SMILES string of the molecule is Nc1cccc2c1C(=O)c1c(OS(=O)[O-])cccc1C2=O. The van der Waals surface area contributed by atoms with E-state index in [0.717, 1.165) is 0 Å². The van der Waals surface area contributed by atoms with Crippen LogP contribution in [0.25, 0.3) is 0 Å². The number of anilines is 1. The third-order valence-corrected chi connectivity index (χ3v) is 3.54. The Bertz CT molecular complexity index is 815. The minimum Gasteiger partial charge on any atom is -0.740 e. The minimum atomic E-state index is -2.85. The first-order valence-electron chi connectivity index (χ1n) is 5.89. The van der Waals surface area contributed by atoms with Crippen LogP contribution >= 0.6 is 0 Å². The van der Waals surface area contributed by atoms with Gasteiger partial charge in [0, 0.05) is 16.8 Å². The van der Waals surface area contributed by atoms with Crippen LogP contribution in [0.2, 0.25) is 0 Å². The number of rotatable bonds is 2. The predicted octanol–water partition coefficient (Wildman–Crippen LogP) is 1.22. The normalized spacial score (nSPS) is 14.3. The molecule has 7 heteroatoms. The molecule has 6 nitrogen and oxygen atoms in total. The highest BCUT2D eigenvalue weighted by Gasteiger charge is 2.33. The topological polar surface area (TPSA) is 110 Å². The molecule has 0 saturated heterocycles. The van der Waals surface area contributed by atoms with Gasteiger partial charge in [0.15, 0.2) is 17.3 Å². The second-order valence-corrected chi connectivity index (χ2v) is 4.97. The number of hydrogen-bond donors (Lipinski definition) is 1. The van der Waals surface area contributed by atoms with Gasteiger partial charge >= 0.3 is 0 Å². The highest BCUT2D eigenvalue weighted by molar-refractivity contribution is 7.74. The van der Waals surface area contributed by atoms with Crippen molar-refractivity contribution in [3.63, 3.8) is 0 Å². The zero-order chi connectivity index (χ0) is 15.1. The Kier molecular flexibility index (Phi) is 3.08. The van der Waals surface area contributed by atoms with E-state index in [2.05, 4.69) is 4.18 Å². The summed E-state index contributed by atoms with van der Waals surface area (Å²) in [4.78, 5) is 25.0. The highest BCUT2D eigenvalue weighted by Crippen LogP contribution is 2.35. The van der Waals surface area contributed by atoms with Crippen LogP contribution in [-0.4, -0.2) is 20.3 Å². The van der Waals surface area contributed by atoms with Crippen molar-refractivity contribution in [3.05, 3.63) is 58.7 Å². The third kappa shape index (κ3) is 2.03. The van der Waals surface area contributed by atoms with Crippen molar-refractivity contribution in [2.75, 3.05) is 5.73 Å². The molecule has 0 fully saturated rings. The van der Waals surface area contributed by atoms with Crippen molar-refractivity contribution >= 4 is 28.6 Å². The molecule has 0 aliphatic heterocycles. The lowest BCUT2D eigenvalue weighted by molar-refractivity contribution is 0.0978. The van der Waals surface area contributed by atoms with Crippen LogP contribution in [0.5, 0.6) is 5.75 Å². The van der Waals surface area contributed by atoms with Gasteiger partial charge in [0.2, 0.25) is 0 Å². The Morgan fingerprint density at radius 3 is 2.24 bits per heavy atom. The molecule has 0 heterocycles. The van der Waals surface area contributed by atoms with E-state index < -0.39 is 22.9 Å². The zero-order valence-electron chi connectivity index (χ0n) is 10.5. The summed E-state index contributed by atoms with van der Waals surface area (Å²) in [7, 11) is 0. The van der Waals surface area contributed by atoms with E-state index in [1.165, 1.54) is 30.3 Å². The van der Waals surface area contributed by atoms with Gasteiger partial charge in [0.1, 0.15) is 11.4 Å². The Hall–Kier alpha value is -2.51. The molecule has 1 unspecified atom stereocenters. The summed E-state index contributed by atoms with van der Waals surface area (Å²) in [5.41, 5.74) is 6.21. The molecule has 2 aromatic carbocycles. The van der Waals surface area contributed by atoms with Crippen LogP contribution in [-0.2, 0) is 11.4 Å². The van der Waals surface area contributed by atoms with Crippen LogP contribution in [0.1, 0.15) is 31.8 Å². The van der Waals surface area contributed by atoms with Crippen LogP contribution in [0.4, 0.5) is 5.69 Å². The molecule has 0 spiro atoms. The smallest absolute Gasteiger partial charge is 0.200 e. The first-order valence-corrected chi connectivity index (χ1v) is 6.89. The standard InChI is InChI=1S/C14H9NO5S/c15-9-5-1-3-7-11(9)14(17)12-8(13(7)16)4-2-6-10(12)20-21(18)19/h1-6H,15H2,(H,18,19)/p-1. The minimum absolute atomic E-state index is 0.0720.